The smallest absolute Gasteiger partial charge is 0.257 e. The molecule has 0 saturated carbocycles. The lowest BCUT2D eigenvalue weighted by Crippen LogP contribution is -2.38. The van der Waals surface area contributed by atoms with Crippen LogP contribution in [0, 0.1) is 0 Å². The van der Waals surface area contributed by atoms with E-state index < -0.39 is 0 Å². The lowest BCUT2D eigenvalue weighted by atomic mass is 10.2. The molecule has 6 heteroatoms. The Morgan fingerprint density at radius 2 is 2.26 bits per heavy atom. The second kappa shape index (κ2) is 7.46. The predicted octanol–water partition coefficient (Wildman–Crippen LogP) is 2.10. The minimum atomic E-state index is 0.0739. The summed E-state index contributed by atoms with van der Waals surface area (Å²) in [7, 11) is 0. The molecule has 1 saturated heterocycles. The van der Waals surface area contributed by atoms with Crippen molar-refractivity contribution in [2.75, 3.05) is 26.2 Å². The molecule has 23 heavy (non-hydrogen) atoms. The van der Waals surface area contributed by atoms with E-state index in [-0.39, 0.29) is 5.91 Å². The maximum absolute atomic E-state index is 12.4. The van der Waals surface area contributed by atoms with Crippen molar-refractivity contribution in [2.45, 2.75) is 32.4 Å². The first kappa shape index (κ1) is 15.8. The second-order valence-corrected chi connectivity index (χ2v) is 6.10. The van der Waals surface area contributed by atoms with Gasteiger partial charge in [0.2, 0.25) is 0 Å². The Bertz CT molecular complexity index is 594. The fraction of sp³-hybridized carbons (Fsp3) is 0.529. The summed E-state index contributed by atoms with van der Waals surface area (Å²) in [6.45, 7) is 6.74. The van der Waals surface area contributed by atoms with Gasteiger partial charge >= 0.3 is 0 Å². The molecule has 1 fully saturated rings. The third-order valence-corrected chi connectivity index (χ3v) is 4.54. The highest BCUT2D eigenvalue weighted by Crippen LogP contribution is 2.13. The first-order chi connectivity index (χ1) is 11.2. The lowest BCUT2D eigenvalue weighted by Gasteiger charge is -2.27. The maximum Gasteiger partial charge on any atom is 0.257 e. The number of rotatable bonds is 5. The molecule has 6 nitrogen and oxygen atoms in total. The third kappa shape index (κ3) is 4.01. The van der Waals surface area contributed by atoms with Gasteiger partial charge in [-0.3, -0.25) is 14.4 Å². The highest BCUT2D eigenvalue weighted by molar-refractivity contribution is 5.93. The van der Waals surface area contributed by atoms with Gasteiger partial charge in [-0.25, -0.2) is 0 Å². The highest BCUT2D eigenvalue weighted by atomic mass is 16.3. The molecule has 1 aliphatic rings. The number of aromatic nitrogens is 2. The molecular formula is C17H24N4O2. The molecule has 1 amide bonds. The summed E-state index contributed by atoms with van der Waals surface area (Å²) >= 11 is 0. The van der Waals surface area contributed by atoms with Gasteiger partial charge in [-0.1, -0.05) is 0 Å². The van der Waals surface area contributed by atoms with Crippen molar-refractivity contribution in [3.8, 4) is 0 Å². The summed E-state index contributed by atoms with van der Waals surface area (Å²) in [4.78, 5) is 16.8. The van der Waals surface area contributed by atoms with Gasteiger partial charge in [-0.05, 0) is 31.9 Å². The van der Waals surface area contributed by atoms with Crippen LogP contribution in [-0.4, -0.2) is 57.7 Å². The molecule has 0 spiro atoms. The van der Waals surface area contributed by atoms with Gasteiger partial charge in [0.25, 0.3) is 5.91 Å². The van der Waals surface area contributed by atoms with Gasteiger partial charge in [0.05, 0.1) is 11.8 Å². The second-order valence-electron chi connectivity index (χ2n) is 6.10. The Morgan fingerprint density at radius 1 is 1.35 bits per heavy atom. The van der Waals surface area contributed by atoms with Crippen molar-refractivity contribution >= 4 is 5.91 Å². The quantitative estimate of drug-likeness (QED) is 0.848. The topological polar surface area (TPSA) is 54.5 Å². The zero-order valence-corrected chi connectivity index (χ0v) is 13.6. The van der Waals surface area contributed by atoms with Crippen LogP contribution < -0.4 is 0 Å². The van der Waals surface area contributed by atoms with E-state index in [4.69, 9.17) is 4.42 Å². The number of carbonyl (C=O) groups is 1. The third-order valence-electron chi connectivity index (χ3n) is 4.54. The van der Waals surface area contributed by atoms with E-state index >= 15 is 0 Å². The SMILES string of the molecule is C[C@H](CCn1cccn1)N1CCCN(C(=O)c2ccoc2)CC1. The van der Waals surface area contributed by atoms with Gasteiger partial charge in [0.1, 0.15) is 6.26 Å². The van der Waals surface area contributed by atoms with Crippen LogP contribution in [0.1, 0.15) is 30.1 Å². The van der Waals surface area contributed by atoms with Crippen LogP contribution in [0.2, 0.25) is 0 Å². The maximum atomic E-state index is 12.4. The Labute approximate surface area is 136 Å². The lowest BCUT2D eigenvalue weighted by molar-refractivity contribution is 0.0757. The number of amides is 1. The van der Waals surface area contributed by atoms with E-state index in [9.17, 15) is 4.79 Å². The highest BCUT2D eigenvalue weighted by Gasteiger charge is 2.23. The summed E-state index contributed by atoms with van der Waals surface area (Å²) in [5.41, 5.74) is 0.644. The Balaban J connectivity index is 1.50. The number of aryl methyl sites for hydroxylation is 1. The monoisotopic (exact) mass is 316 g/mol. The van der Waals surface area contributed by atoms with E-state index in [1.54, 1.807) is 12.3 Å². The summed E-state index contributed by atoms with van der Waals surface area (Å²) in [5, 5.41) is 4.25. The molecule has 124 valence electrons. The summed E-state index contributed by atoms with van der Waals surface area (Å²) < 4.78 is 6.99. The summed E-state index contributed by atoms with van der Waals surface area (Å²) in [6.07, 6.45) is 8.97. The molecule has 1 atom stereocenters. The van der Waals surface area contributed by atoms with Gasteiger partial charge < -0.3 is 9.32 Å². The number of hydrogen-bond acceptors (Lipinski definition) is 4. The van der Waals surface area contributed by atoms with E-state index in [1.165, 1.54) is 6.26 Å². The van der Waals surface area contributed by atoms with Crippen LogP contribution >= 0.6 is 0 Å². The first-order valence-corrected chi connectivity index (χ1v) is 8.27. The van der Waals surface area contributed by atoms with E-state index in [0.717, 1.165) is 45.6 Å². The van der Waals surface area contributed by atoms with Crippen molar-refractivity contribution < 1.29 is 9.21 Å². The molecule has 1 aliphatic heterocycles. The number of carbonyl (C=O) groups excluding carboxylic acids is 1. The predicted molar refractivity (Wildman–Crippen MR) is 87.1 cm³/mol. The van der Waals surface area contributed by atoms with Crippen LogP contribution in [-0.2, 0) is 6.54 Å². The molecule has 0 aromatic carbocycles. The average molecular weight is 316 g/mol. The van der Waals surface area contributed by atoms with Gasteiger partial charge in [0.15, 0.2) is 0 Å². The molecule has 3 rings (SSSR count). The molecule has 3 heterocycles. The van der Waals surface area contributed by atoms with Crippen LogP contribution in [0.5, 0.6) is 0 Å². The van der Waals surface area contributed by atoms with Crippen LogP contribution in [0.25, 0.3) is 0 Å². The van der Waals surface area contributed by atoms with Crippen LogP contribution in [0.15, 0.2) is 41.5 Å². The Morgan fingerprint density at radius 3 is 3.00 bits per heavy atom. The molecule has 0 bridgehead atoms. The van der Waals surface area contributed by atoms with Crippen molar-refractivity contribution in [2.24, 2.45) is 0 Å². The molecule has 0 radical (unpaired) electrons. The van der Waals surface area contributed by atoms with E-state index in [0.29, 0.717) is 11.6 Å². The minimum Gasteiger partial charge on any atom is -0.472 e. The first-order valence-electron chi connectivity index (χ1n) is 8.27. The number of nitrogens with zero attached hydrogens (tertiary/aromatic N) is 4. The van der Waals surface area contributed by atoms with Gasteiger partial charge in [-0.2, -0.15) is 5.10 Å². The summed E-state index contributed by atoms with van der Waals surface area (Å²) in [5.74, 6) is 0.0739. The number of hydrogen-bond donors (Lipinski definition) is 0. The van der Waals surface area contributed by atoms with E-state index in [2.05, 4.69) is 16.9 Å². The standard InChI is InChI=1S/C17H24N4O2/c1-15(4-10-21-9-2-6-18-21)19-7-3-8-20(12-11-19)17(22)16-5-13-23-14-16/h2,5-6,9,13-15H,3-4,7-8,10-12H2,1H3/t15-/m1/s1. The molecule has 0 N–H and O–H groups in total. The van der Waals surface area contributed by atoms with Crippen molar-refractivity contribution in [3.63, 3.8) is 0 Å². The Hall–Kier alpha value is -2.08. The van der Waals surface area contributed by atoms with Gasteiger partial charge in [0, 0.05) is 51.2 Å². The van der Waals surface area contributed by atoms with Crippen LogP contribution in [0.4, 0.5) is 0 Å². The molecule has 2 aromatic rings. The largest absolute Gasteiger partial charge is 0.472 e. The van der Waals surface area contributed by atoms with E-state index in [1.807, 2.05) is 28.0 Å². The molecule has 2 aromatic heterocycles. The zero-order valence-electron chi connectivity index (χ0n) is 13.6. The number of furan rings is 1. The van der Waals surface area contributed by atoms with Crippen molar-refractivity contribution in [1.29, 1.82) is 0 Å². The van der Waals surface area contributed by atoms with Gasteiger partial charge in [-0.15, -0.1) is 0 Å². The summed E-state index contributed by atoms with van der Waals surface area (Å²) in [6, 6.07) is 4.18. The minimum absolute atomic E-state index is 0.0739. The fourth-order valence-electron chi connectivity index (χ4n) is 3.08. The molecular weight excluding hydrogens is 292 g/mol. The van der Waals surface area contributed by atoms with Crippen molar-refractivity contribution in [3.05, 3.63) is 42.6 Å². The fourth-order valence-corrected chi connectivity index (χ4v) is 3.08. The molecule has 0 unspecified atom stereocenters. The average Bonchev–Trinajstić information content (AvgIpc) is 3.22. The zero-order chi connectivity index (χ0) is 16.1. The normalized spacial score (nSPS) is 17.9. The molecule has 0 aliphatic carbocycles. The Kier molecular flexibility index (Phi) is 5.12. The van der Waals surface area contributed by atoms with Crippen molar-refractivity contribution in [1.82, 2.24) is 19.6 Å². The van der Waals surface area contributed by atoms with Crippen LogP contribution in [0.3, 0.4) is 0 Å².